The quantitative estimate of drug-likeness (QED) is 0.384. The van der Waals surface area contributed by atoms with Gasteiger partial charge in [0.25, 0.3) is 11.9 Å². The molecule has 3 rings (SSSR count). The largest absolute Gasteiger partial charge is 0.465 e. The predicted octanol–water partition coefficient (Wildman–Crippen LogP) is 1.35. The van der Waals surface area contributed by atoms with Crippen molar-refractivity contribution in [3.05, 3.63) is 64.7 Å². The second-order valence-corrected chi connectivity index (χ2v) is 6.38. The zero-order chi connectivity index (χ0) is 23.8. The molecule has 0 fully saturated rings. The lowest BCUT2D eigenvalue weighted by Crippen LogP contribution is -2.31. The molecule has 0 aliphatic heterocycles. The highest BCUT2D eigenvalue weighted by molar-refractivity contribution is 6.17. The van der Waals surface area contributed by atoms with E-state index in [-0.39, 0.29) is 34.9 Å². The lowest BCUT2D eigenvalue weighted by atomic mass is 9.99. The van der Waals surface area contributed by atoms with Gasteiger partial charge in [-0.1, -0.05) is 35.4 Å². The van der Waals surface area contributed by atoms with E-state index in [0.29, 0.717) is 0 Å². The highest BCUT2D eigenvalue weighted by atomic mass is 16.5. The number of nitrogens with zero attached hydrogens (tertiary/aromatic N) is 3. The third-order valence-electron chi connectivity index (χ3n) is 4.35. The first kappa shape index (κ1) is 22.9. The van der Waals surface area contributed by atoms with E-state index in [1.54, 1.807) is 0 Å². The van der Waals surface area contributed by atoms with Gasteiger partial charge in [-0.2, -0.15) is 5.21 Å². The van der Waals surface area contributed by atoms with Crippen molar-refractivity contribution in [1.29, 1.82) is 0 Å². The van der Waals surface area contributed by atoms with Crippen LogP contribution in [0.2, 0.25) is 0 Å². The van der Waals surface area contributed by atoms with Gasteiger partial charge in [0.15, 0.2) is 0 Å². The van der Waals surface area contributed by atoms with Crippen LogP contribution in [0, 0.1) is 0 Å². The summed E-state index contributed by atoms with van der Waals surface area (Å²) in [7, 11) is 2.23. The predicted molar refractivity (Wildman–Crippen MR) is 114 cm³/mol. The molecule has 0 saturated carbocycles. The first-order chi connectivity index (χ1) is 15.9. The van der Waals surface area contributed by atoms with Crippen molar-refractivity contribution in [3.8, 4) is 0 Å². The summed E-state index contributed by atoms with van der Waals surface area (Å²) in [5.74, 6) is -2.77. The number of hydrogen-bond acceptors (Lipinski definition) is 9. The molecule has 0 spiro atoms. The Labute approximate surface area is 186 Å². The summed E-state index contributed by atoms with van der Waals surface area (Å²) in [5, 5.41) is 20.1. The molecule has 1 heterocycles. The van der Waals surface area contributed by atoms with Gasteiger partial charge in [-0.15, -0.1) is 5.10 Å². The number of hydrogen-bond donors (Lipinski definition) is 4. The van der Waals surface area contributed by atoms with E-state index in [0.717, 1.165) is 19.8 Å². The number of esters is 2. The monoisotopic (exact) mass is 453 g/mol. The van der Waals surface area contributed by atoms with E-state index in [4.69, 9.17) is 9.47 Å². The van der Waals surface area contributed by atoms with E-state index in [9.17, 15) is 19.2 Å². The van der Waals surface area contributed by atoms with Crippen LogP contribution < -0.4 is 16.0 Å². The van der Waals surface area contributed by atoms with Crippen LogP contribution in [-0.2, 0) is 16.0 Å². The molecule has 0 saturated heterocycles. The SMILES string of the molecule is COC(=O)c1ccc(C(=O)Nc2nn[nH]n2)c(C(=O)OC)c1NC(=O)NCc1ccccc1. The van der Waals surface area contributed by atoms with E-state index in [1.165, 1.54) is 12.1 Å². The number of carbonyl (C=O) groups excluding carboxylic acids is 4. The zero-order valence-corrected chi connectivity index (χ0v) is 17.5. The Morgan fingerprint density at radius 3 is 2.24 bits per heavy atom. The summed E-state index contributed by atoms with van der Waals surface area (Å²) in [6.45, 7) is 0.172. The number of methoxy groups -OCH3 is 2. The Morgan fingerprint density at radius 2 is 1.61 bits per heavy atom. The number of urea groups is 1. The number of nitrogens with one attached hydrogen (secondary N) is 4. The molecule has 13 heteroatoms. The van der Waals surface area contributed by atoms with E-state index >= 15 is 0 Å². The molecule has 0 atom stereocenters. The van der Waals surface area contributed by atoms with Crippen molar-refractivity contribution in [1.82, 2.24) is 25.9 Å². The summed E-state index contributed by atoms with van der Waals surface area (Å²) in [6.07, 6.45) is 0. The molecule has 1 aromatic heterocycles. The average molecular weight is 453 g/mol. The maximum Gasteiger partial charge on any atom is 0.340 e. The second-order valence-electron chi connectivity index (χ2n) is 6.38. The highest BCUT2D eigenvalue weighted by Crippen LogP contribution is 2.27. The van der Waals surface area contributed by atoms with Gasteiger partial charge in [0.1, 0.15) is 0 Å². The van der Waals surface area contributed by atoms with Crippen LogP contribution in [0.5, 0.6) is 0 Å². The van der Waals surface area contributed by atoms with Crippen LogP contribution in [-0.4, -0.2) is 58.7 Å². The standard InChI is InChI=1S/C20H19N7O6/c1-32-17(29)13-9-8-12(16(28)23-19-24-26-27-25-19)14(18(30)33-2)15(13)22-20(31)21-10-11-6-4-3-5-7-11/h3-9H,10H2,1-2H3,(H2,21,22,31)(H2,23,24,25,26,27,28). The van der Waals surface area contributed by atoms with Crippen molar-refractivity contribution in [2.24, 2.45) is 0 Å². The van der Waals surface area contributed by atoms with Gasteiger partial charge in [0.05, 0.1) is 36.6 Å². The Bertz CT molecular complexity index is 1170. The fourth-order valence-electron chi connectivity index (χ4n) is 2.84. The minimum absolute atomic E-state index is 0.150. The summed E-state index contributed by atoms with van der Waals surface area (Å²) in [4.78, 5) is 50.3. The third-order valence-corrected chi connectivity index (χ3v) is 4.35. The van der Waals surface area contributed by atoms with E-state index in [1.807, 2.05) is 30.3 Å². The number of tetrazole rings is 1. The van der Waals surface area contributed by atoms with Gasteiger partial charge in [-0.25, -0.2) is 14.4 Å². The van der Waals surface area contributed by atoms with Crippen LogP contribution in [0.3, 0.4) is 0 Å². The third kappa shape index (κ3) is 5.46. The van der Waals surface area contributed by atoms with Crippen molar-refractivity contribution in [2.75, 3.05) is 24.9 Å². The summed E-state index contributed by atoms with van der Waals surface area (Å²) in [6, 6.07) is 10.8. The van der Waals surface area contributed by atoms with Crippen molar-refractivity contribution in [2.45, 2.75) is 6.54 Å². The summed E-state index contributed by atoms with van der Waals surface area (Å²) < 4.78 is 9.54. The molecule has 33 heavy (non-hydrogen) atoms. The lowest BCUT2D eigenvalue weighted by Gasteiger charge is -2.17. The summed E-state index contributed by atoms with van der Waals surface area (Å²) in [5.41, 5.74) is -0.180. The smallest absolute Gasteiger partial charge is 0.340 e. The normalized spacial score (nSPS) is 10.1. The van der Waals surface area contributed by atoms with Crippen LogP contribution in [0.4, 0.5) is 16.4 Å². The number of benzene rings is 2. The Hall–Kier alpha value is -4.81. The fourth-order valence-corrected chi connectivity index (χ4v) is 2.84. The van der Waals surface area contributed by atoms with Crippen molar-refractivity contribution < 1.29 is 28.7 Å². The molecule has 0 bridgehead atoms. The van der Waals surface area contributed by atoms with Crippen LogP contribution in [0.15, 0.2) is 42.5 Å². The molecule has 0 unspecified atom stereocenters. The van der Waals surface area contributed by atoms with Crippen molar-refractivity contribution in [3.63, 3.8) is 0 Å². The van der Waals surface area contributed by atoms with Gasteiger partial charge in [-0.3, -0.25) is 10.1 Å². The molecule has 0 aliphatic carbocycles. The molecule has 3 amide bonds. The van der Waals surface area contributed by atoms with Crippen LogP contribution in [0.1, 0.15) is 36.6 Å². The maximum atomic E-state index is 12.8. The molecule has 4 N–H and O–H groups in total. The van der Waals surface area contributed by atoms with Gasteiger partial charge >= 0.3 is 18.0 Å². The number of ether oxygens (including phenoxy) is 2. The second kappa shape index (κ2) is 10.5. The first-order valence-corrected chi connectivity index (χ1v) is 9.41. The number of carbonyl (C=O) groups is 4. The molecule has 13 nitrogen and oxygen atoms in total. The minimum atomic E-state index is -0.975. The lowest BCUT2D eigenvalue weighted by molar-refractivity contribution is 0.0598. The maximum absolute atomic E-state index is 12.8. The van der Waals surface area contributed by atoms with Gasteiger partial charge in [-0.05, 0) is 22.9 Å². The van der Waals surface area contributed by atoms with Gasteiger partial charge in [0.2, 0.25) is 0 Å². The first-order valence-electron chi connectivity index (χ1n) is 9.41. The molecule has 3 aromatic rings. The number of anilines is 2. The van der Waals surface area contributed by atoms with Gasteiger partial charge in [0, 0.05) is 6.54 Å². The number of aromatic nitrogens is 4. The number of H-pyrrole nitrogens is 1. The Kier molecular flexibility index (Phi) is 7.26. The summed E-state index contributed by atoms with van der Waals surface area (Å²) >= 11 is 0. The molecule has 170 valence electrons. The van der Waals surface area contributed by atoms with Crippen molar-refractivity contribution >= 4 is 35.5 Å². The highest BCUT2D eigenvalue weighted by Gasteiger charge is 2.28. The average Bonchev–Trinajstić information content (AvgIpc) is 3.35. The van der Waals surface area contributed by atoms with Crippen LogP contribution in [0.25, 0.3) is 0 Å². The van der Waals surface area contributed by atoms with E-state index in [2.05, 4.69) is 36.6 Å². The minimum Gasteiger partial charge on any atom is -0.465 e. The molecular weight excluding hydrogens is 434 g/mol. The number of rotatable bonds is 7. The molecule has 0 aliphatic rings. The van der Waals surface area contributed by atoms with Gasteiger partial charge < -0.3 is 20.1 Å². The fraction of sp³-hybridized carbons (Fsp3) is 0.150. The van der Waals surface area contributed by atoms with E-state index < -0.39 is 23.9 Å². The molecular formula is C20H19N7O6. The van der Waals surface area contributed by atoms with Crippen LogP contribution >= 0.6 is 0 Å². The molecule has 2 aromatic carbocycles. The molecule has 0 radical (unpaired) electrons. The Morgan fingerprint density at radius 1 is 0.909 bits per heavy atom. The number of amides is 3. The number of aromatic amines is 1. The Balaban J connectivity index is 1.98. The topological polar surface area (TPSA) is 177 Å². The zero-order valence-electron chi connectivity index (χ0n) is 17.5.